The fourth-order valence-electron chi connectivity index (χ4n) is 2.36. The summed E-state index contributed by atoms with van der Waals surface area (Å²) >= 11 is 0. The van der Waals surface area contributed by atoms with Crippen LogP contribution >= 0.6 is 24.0 Å². The van der Waals surface area contributed by atoms with Crippen LogP contribution in [0.5, 0.6) is 0 Å². The van der Waals surface area contributed by atoms with E-state index in [0.717, 1.165) is 41.6 Å². The largest absolute Gasteiger partial charge is 0.466 e. The molecule has 0 spiro atoms. The van der Waals surface area contributed by atoms with Crippen molar-refractivity contribution in [2.75, 3.05) is 13.1 Å². The molecular weight excluding hydrogens is 420 g/mol. The van der Waals surface area contributed by atoms with E-state index in [4.69, 9.17) is 4.42 Å². The molecule has 0 aliphatic carbocycles. The second-order valence-electron chi connectivity index (χ2n) is 5.44. The van der Waals surface area contributed by atoms with Gasteiger partial charge in [0.05, 0.1) is 6.54 Å². The third-order valence-corrected chi connectivity index (χ3v) is 3.49. The molecule has 0 aliphatic heterocycles. The Morgan fingerprint density at radius 3 is 2.62 bits per heavy atom. The number of aliphatic imine (C=N–C) groups is 1. The lowest BCUT2D eigenvalue weighted by atomic mass is 10.1. The summed E-state index contributed by atoms with van der Waals surface area (Å²) in [5.41, 5.74) is 2.06. The average Bonchev–Trinajstić information content (AvgIpc) is 2.83. The summed E-state index contributed by atoms with van der Waals surface area (Å²) in [6.45, 7) is 7.95. The number of benzene rings is 1. The molecule has 4 nitrogen and oxygen atoms in total. The van der Waals surface area contributed by atoms with Crippen molar-refractivity contribution in [2.45, 2.75) is 33.7 Å². The summed E-state index contributed by atoms with van der Waals surface area (Å²) in [4.78, 5) is 4.57. The van der Waals surface area contributed by atoms with Gasteiger partial charge < -0.3 is 15.1 Å². The average molecular weight is 445 g/mol. The zero-order valence-corrected chi connectivity index (χ0v) is 16.7. The van der Waals surface area contributed by atoms with Crippen molar-refractivity contribution < 1.29 is 8.81 Å². The number of nitrogens with zero attached hydrogens (tertiary/aromatic N) is 1. The lowest BCUT2D eigenvalue weighted by molar-refractivity contribution is 0.501. The molecule has 0 bridgehead atoms. The van der Waals surface area contributed by atoms with Gasteiger partial charge in [-0.15, -0.1) is 24.0 Å². The molecule has 6 heteroatoms. The molecule has 0 unspecified atom stereocenters. The highest BCUT2D eigenvalue weighted by Gasteiger charge is 2.04. The minimum absolute atomic E-state index is 0. The lowest BCUT2D eigenvalue weighted by Gasteiger charge is -2.11. The van der Waals surface area contributed by atoms with E-state index in [1.54, 1.807) is 12.1 Å². The molecule has 1 heterocycles. The van der Waals surface area contributed by atoms with Gasteiger partial charge in [0.15, 0.2) is 5.96 Å². The Labute approximate surface area is 160 Å². The SMILES string of the molecule is CCNC(=NCc1cc(C)oc1C)NCCc1cccc(F)c1.I. The quantitative estimate of drug-likeness (QED) is 0.402. The molecular formula is C18H25FIN3O. The minimum atomic E-state index is -0.200. The number of rotatable bonds is 6. The van der Waals surface area contributed by atoms with Crippen LogP contribution in [0.1, 0.15) is 29.6 Å². The standard InChI is InChI=1S/C18H24FN3O.HI/c1-4-20-18(22-12-16-10-13(2)23-14(16)3)21-9-8-15-6-5-7-17(19)11-15;/h5-7,10-11H,4,8-9,12H2,1-3H3,(H2,20,21,22);1H. The van der Waals surface area contributed by atoms with E-state index in [9.17, 15) is 4.39 Å². The van der Waals surface area contributed by atoms with Crippen molar-refractivity contribution in [1.29, 1.82) is 0 Å². The van der Waals surface area contributed by atoms with E-state index in [-0.39, 0.29) is 29.8 Å². The molecule has 0 aliphatic rings. The van der Waals surface area contributed by atoms with Gasteiger partial charge in [0.1, 0.15) is 17.3 Å². The van der Waals surface area contributed by atoms with Crippen LogP contribution in [0.25, 0.3) is 0 Å². The van der Waals surface area contributed by atoms with E-state index >= 15 is 0 Å². The first-order chi connectivity index (χ1) is 11.1. The Morgan fingerprint density at radius 1 is 1.21 bits per heavy atom. The third kappa shape index (κ3) is 6.51. The van der Waals surface area contributed by atoms with Crippen LogP contribution in [0.15, 0.2) is 39.7 Å². The second kappa shape index (κ2) is 10.3. The van der Waals surface area contributed by atoms with Crippen molar-refractivity contribution in [1.82, 2.24) is 10.6 Å². The molecule has 2 N–H and O–H groups in total. The predicted octanol–water partition coefficient (Wildman–Crippen LogP) is 3.95. The molecule has 132 valence electrons. The van der Waals surface area contributed by atoms with Gasteiger partial charge >= 0.3 is 0 Å². The zero-order chi connectivity index (χ0) is 16.7. The van der Waals surface area contributed by atoms with Crippen molar-refractivity contribution >= 4 is 29.9 Å². The van der Waals surface area contributed by atoms with Crippen LogP contribution in [-0.4, -0.2) is 19.0 Å². The van der Waals surface area contributed by atoms with Gasteiger partial charge in [-0.25, -0.2) is 9.38 Å². The zero-order valence-electron chi connectivity index (χ0n) is 14.4. The lowest BCUT2D eigenvalue weighted by Crippen LogP contribution is -2.38. The maximum Gasteiger partial charge on any atom is 0.191 e. The van der Waals surface area contributed by atoms with Crippen molar-refractivity contribution in [3.63, 3.8) is 0 Å². The summed E-state index contributed by atoms with van der Waals surface area (Å²) in [5.74, 6) is 2.36. The van der Waals surface area contributed by atoms with E-state index < -0.39 is 0 Å². The summed E-state index contributed by atoms with van der Waals surface area (Å²) in [7, 11) is 0. The minimum Gasteiger partial charge on any atom is -0.466 e. The molecule has 1 aromatic heterocycles. The molecule has 0 fully saturated rings. The Balaban J connectivity index is 0.00000288. The first kappa shape index (κ1) is 20.5. The number of hydrogen-bond donors (Lipinski definition) is 2. The molecule has 2 rings (SSSR count). The first-order valence-electron chi connectivity index (χ1n) is 7.91. The molecule has 24 heavy (non-hydrogen) atoms. The van der Waals surface area contributed by atoms with Crippen LogP contribution in [0.4, 0.5) is 4.39 Å². The molecule has 0 amide bonds. The summed E-state index contributed by atoms with van der Waals surface area (Å²) in [6, 6.07) is 8.68. The normalized spacial score (nSPS) is 11.1. The van der Waals surface area contributed by atoms with Gasteiger partial charge in [0, 0.05) is 18.7 Å². The van der Waals surface area contributed by atoms with Crippen LogP contribution in [0, 0.1) is 19.7 Å². The topological polar surface area (TPSA) is 49.6 Å². The van der Waals surface area contributed by atoms with Crippen LogP contribution in [0.2, 0.25) is 0 Å². The Kier molecular flexibility index (Phi) is 8.81. The summed E-state index contributed by atoms with van der Waals surface area (Å²) in [5, 5.41) is 6.48. The fraction of sp³-hybridized carbons (Fsp3) is 0.389. The number of furan rings is 1. The van der Waals surface area contributed by atoms with Gasteiger partial charge in [-0.2, -0.15) is 0 Å². The van der Waals surface area contributed by atoms with Gasteiger partial charge in [-0.05, 0) is 51.0 Å². The smallest absolute Gasteiger partial charge is 0.191 e. The first-order valence-corrected chi connectivity index (χ1v) is 7.91. The third-order valence-electron chi connectivity index (χ3n) is 3.49. The van der Waals surface area contributed by atoms with Gasteiger partial charge in [-0.3, -0.25) is 0 Å². The highest BCUT2D eigenvalue weighted by atomic mass is 127. The van der Waals surface area contributed by atoms with E-state index in [1.807, 2.05) is 32.9 Å². The maximum atomic E-state index is 13.2. The second-order valence-corrected chi connectivity index (χ2v) is 5.44. The highest BCUT2D eigenvalue weighted by Crippen LogP contribution is 2.14. The molecule has 0 saturated heterocycles. The van der Waals surface area contributed by atoms with Crippen LogP contribution in [-0.2, 0) is 13.0 Å². The fourth-order valence-corrected chi connectivity index (χ4v) is 2.36. The summed E-state index contributed by atoms with van der Waals surface area (Å²) in [6.07, 6.45) is 0.742. The number of nitrogens with one attached hydrogen (secondary N) is 2. The van der Waals surface area contributed by atoms with Crippen molar-refractivity contribution in [3.05, 3.63) is 58.8 Å². The molecule has 1 aromatic carbocycles. The van der Waals surface area contributed by atoms with E-state index in [1.165, 1.54) is 6.07 Å². The van der Waals surface area contributed by atoms with Gasteiger partial charge in [0.25, 0.3) is 0 Å². The molecule has 0 radical (unpaired) electrons. The van der Waals surface area contributed by atoms with Crippen LogP contribution in [0.3, 0.4) is 0 Å². The number of guanidine groups is 1. The Hall–Kier alpha value is -1.57. The Bertz CT molecular complexity index is 670. The number of hydrogen-bond acceptors (Lipinski definition) is 2. The number of halogens is 2. The van der Waals surface area contributed by atoms with Gasteiger partial charge in [0.2, 0.25) is 0 Å². The molecule has 0 atom stereocenters. The predicted molar refractivity (Wildman–Crippen MR) is 107 cm³/mol. The maximum absolute atomic E-state index is 13.2. The van der Waals surface area contributed by atoms with E-state index in [0.29, 0.717) is 13.1 Å². The van der Waals surface area contributed by atoms with Gasteiger partial charge in [-0.1, -0.05) is 12.1 Å². The van der Waals surface area contributed by atoms with Crippen LogP contribution < -0.4 is 10.6 Å². The summed E-state index contributed by atoms with van der Waals surface area (Å²) < 4.78 is 18.7. The highest BCUT2D eigenvalue weighted by molar-refractivity contribution is 14.0. The number of aryl methyl sites for hydroxylation is 2. The molecule has 0 saturated carbocycles. The molecule has 2 aromatic rings. The Morgan fingerprint density at radius 2 is 2.00 bits per heavy atom. The van der Waals surface area contributed by atoms with Crippen molar-refractivity contribution in [3.8, 4) is 0 Å². The van der Waals surface area contributed by atoms with Crippen molar-refractivity contribution in [2.24, 2.45) is 4.99 Å². The van der Waals surface area contributed by atoms with E-state index in [2.05, 4.69) is 15.6 Å². The monoisotopic (exact) mass is 445 g/mol.